The van der Waals surface area contributed by atoms with E-state index in [0.717, 1.165) is 34.5 Å². The first-order valence-electron chi connectivity index (χ1n) is 10.2. The summed E-state index contributed by atoms with van der Waals surface area (Å²) in [7, 11) is 0. The third-order valence-corrected chi connectivity index (χ3v) is 6.57. The maximum Gasteiger partial charge on any atom is 0.416 e. The predicted octanol–water partition coefficient (Wildman–Crippen LogP) is 6.35. The number of amides is 2. The summed E-state index contributed by atoms with van der Waals surface area (Å²) in [5, 5.41) is 2.39. The van der Waals surface area contributed by atoms with Gasteiger partial charge in [-0.2, -0.15) is 13.2 Å². The number of nitrogens with zero attached hydrogens (tertiary/aromatic N) is 1. The van der Waals surface area contributed by atoms with Crippen molar-refractivity contribution in [2.45, 2.75) is 25.4 Å². The first-order chi connectivity index (χ1) is 15.6. The number of thioether (sulfide) groups is 1. The number of hydrogen-bond donors (Lipinski definition) is 1. The van der Waals surface area contributed by atoms with Gasteiger partial charge in [0, 0.05) is 16.9 Å². The summed E-state index contributed by atoms with van der Waals surface area (Å²) < 4.78 is 38.9. The second kappa shape index (κ2) is 8.94. The topological polar surface area (TPSA) is 49.4 Å². The molecule has 4 nitrogen and oxygen atoms in total. The second-order valence-electron chi connectivity index (χ2n) is 7.88. The maximum atomic E-state index is 13.0. The van der Waals surface area contributed by atoms with Crippen molar-refractivity contribution in [3.8, 4) is 0 Å². The minimum absolute atomic E-state index is 0.00430. The molecule has 0 aliphatic carbocycles. The van der Waals surface area contributed by atoms with E-state index in [9.17, 15) is 22.8 Å². The number of aryl methyl sites for hydroxylation is 2. The van der Waals surface area contributed by atoms with E-state index in [4.69, 9.17) is 0 Å². The van der Waals surface area contributed by atoms with Crippen molar-refractivity contribution in [3.63, 3.8) is 0 Å². The standard InChI is InChI=1S/C25H21F3N2O2S/c1-15-9-10-21(16(2)11-15)30-22(31)14-33-24(30)18-6-4-8-20(13-18)29-23(32)17-5-3-7-19(12-17)25(26,27)28/h3-13,24H,14H2,1-2H3,(H,29,32)/t24-/m0/s1. The van der Waals surface area contributed by atoms with Crippen molar-refractivity contribution >= 4 is 35.0 Å². The molecule has 1 aliphatic rings. The Morgan fingerprint density at radius 2 is 1.79 bits per heavy atom. The molecule has 0 unspecified atom stereocenters. The number of benzene rings is 3. The molecule has 1 heterocycles. The molecule has 170 valence electrons. The summed E-state index contributed by atoms with van der Waals surface area (Å²) in [4.78, 5) is 27.0. The van der Waals surface area contributed by atoms with Crippen molar-refractivity contribution in [2.24, 2.45) is 0 Å². The molecule has 4 rings (SSSR count). The van der Waals surface area contributed by atoms with Crippen LogP contribution in [0.2, 0.25) is 0 Å². The van der Waals surface area contributed by atoms with Crippen LogP contribution in [0.5, 0.6) is 0 Å². The molecule has 1 aliphatic heterocycles. The summed E-state index contributed by atoms with van der Waals surface area (Å²) in [6, 6.07) is 17.2. The number of carbonyl (C=O) groups excluding carboxylic acids is 2. The number of alkyl halides is 3. The molecule has 0 radical (unpaired) electrons. The highest BCUT2D eigenvalue weighted by molar-refractivity contribution is 8.00. The second-order valence-corrected chi connectivity index (χ2v) is 8.94. The van der Waals surface area contributed by atoms with Crippen molar-refractivity contribution in [1.29, 1.82) is 0 Å². The third kappa shape index (κ3) is 4.90. The molecule has 33 heavy (non-hydrogen) atoms. The van der Waals surface area contributed by atoms with Crippen LogP contribution < -0.4 is 10.2 Å². The average Bonchev–Trinajstić information content (AvgIpc) is 3.14. The van der Waals surface area contributed by atoms with E-state index in [1.54, 1.807) is 23.1 Å². The summed E-state index contributed by atoms with van der Waals surface area (Å²) in [5.74, 6) is -0.311. The number of anilines is 2. The van der Waals surface area contributed by atoms with E-state index in [1.165, 1.54) is 23.9 Å². The lowest BCUT2D eigenvalue weighted by molar-refractivity contribution is -0.137. The largest absolute Gasteiger partial charge is 0.416 e. The summed E-state index contributed by atoms with van der Waals surface area (Å²) >= 11 is 1.49. The van der Waals surface area contributed by atoms with Gasteiger partial charge < -0.3 is 5.32 Å². The van der Waals surface area contributed by atoms with E-state index >= 15 is 0 Å². The third-order valence-electron chi connectivity index (χ3n) is 5.36. The Balaban J connectivity index is 1.59. The van der Waals surface area contributed by atoms with E-state index in [2.05, 4.69) is 5.32 Å². The van der Waals surface area contributed by atoms with Crippen LogP contribution in [-0.4, -0.2) is 17.6 Å². The van der Waals surface area contributed by atoms with Gasteiger partial charge in [0.1, 0.15) is 5.37 Å². The van der Waals surface area contributed by atoms with Gasteiger partial charge in [0.15, 0.2) is 0 Å². The van der Waals surface area contributed by atoms with Crippen molar-refractivity contribution in [3.05, 3.63) is 94.5 Å². The lowest BCUT2D eigenvalue weighted by atomic mass is 10.1. The SMILES string of the molecule is Cc1ccc(N2C(=O)CS[C@H]2c2cccc(NC(=O)c3cccc(C(F)(F)F)c3)c2)c(C)c1. The molecule has 0 spiro atoms. The molecular formula is C25H21F3N2O2S. The molecule has 8 heteroatoms. The van der Waals surface area contributed by atoms with Crippen LogP contribution >= 0.6 is 11.8 Å². The van der Waals surface area contributed by atoms with E-state index in [-0.39, 0.29) is 16.8 Å². The van der Waals surface area contributed by atoms with Gasteiger partial charge in [-0.15, -0.1) is 11.8 Å². The van der Waals surface area contributed by atoms with Crippen LogP contribution in [0, 0.1) is 13.8 Å². The Hall–Kier alpha value is -3.26. The molecule has 0 aromatic heterocycles. The maximum absolute atomic E-state index is 13.0. The fourth-order valence-electron chi connectivity index (χ4n) is 3.82. The monoisotopic (exact) mass is 470 g/mol. The molecular weight excluding hydrogens is 449 g/mol. The molecule has 1 N–H and O–H groups in total. The van der Waals surface area contributed by atoms with Crippen LogP contribution in [0.3, 0.4) is 0 Å². The van der Waals surface area contributed by atoms with Crippen LogP contribution in [-0.2, 0) is 11.0 Å². The predicted molar refractivity (Wildman–Crippen MR) is 124 cm³/mol. The molecule has 0 saturated carbocycles. The zero-order valence-corrected chi connectivity index (χ0v) is 18.8. The number of carbonyl (C=O) groups is 2. The zero-order valence-electron chi connectivity index (χ0n) is 17.9. The number of nitrogens with one attached hydrogen (secondary N) is 1. The minimum Gasteiger partial charge on any atom is -0.322 e. The van der Waals surface area contributed by atoms with Gasteiger partial charge in [0.2, 0.25) is 5.91 Å². The Labute approximate surface area is 193 Å². The smallest absolute Gasteiger partial charge is 0.322 e. The molecule has 1 atom stereocenters. The van der Waals surface area contributed by atoms with Gasteiger partial charge in [-0.25, -0.2) is 0 Å². The van der Waals surface area contributed by atoms with Crippen molar-refractivity contribution in [2.75, 3.05) is 16.0 Å². The normalized spacial score (nSPS) is 16.2. The first kappa shape index (κ1) is 22.9. The molecule has 3 aromatic rings. The Morgan fingerprint density at radius 3 is 2.52 bits per heavy atom. The Morgan fingerprint density at radius 1 is 1.03 bits per heavy atom. The van der Waals surface area contributed by atoms with Crippen LogP contribution in [0.25, 0.3) is 0 Å². The fourth-order valence-corrected chi connectivity index (χ4v) is 4.98. The van der Waals surface area contributed by atoms with Crippen molar-refractivity contribution in [1.82, 2.24) is 0 Å². The fraction of sp³-hybridized carbons (Fsp3) is 0.200. The van der Waals surface area contributed by atoms with Gasteiger partial charge in [-0.3, -0.25) is 14.5 Å². The van der Waals surface area contributed by atoms with Gasteiger partial charge >= 0.3 is 6.18 Å². The quantitative estimate of drug-likeness (QED) is 0.483. The van der Waals surface area contributed by atoms with Gasteiger partial charge in [0.05, 0.1) is 11.3 Å². The van der Waals surface area contributed by atoms with Crippen LogP contribution in [0.4, 0.5) is 24.5 Å². The highest BCUT2D eigenvalue weighted by Crippen LogP contribution is 2.43. The highest BCUT2D eigenvalue weighted by Gasteiger charge is 2.35. The van der Waals surface area contributed by atoms with Crippen LogP contribution in [0.15, 0.2) is 66.7 Å². The van der Waals surface area contributed by atoms with E-state index in [0.29, 0.717) is 11.4 Å². The average molecular weight is 471 g/mol. The molecule has 0 bridgehead atoms. The van der Waals surface area contributed by atoms with E-state index < -0.39 is 17.6 Å². The zero-order chi connectivity index (χ0) is 23.8. The number of rotatable bonds is 4. The lowest BCUT2D eigenvalue weighted by Crippen LogP contribution is -2.28. The summed E-state index contributed by atoms with van der Waals surface area (Å²) in [6.07, 6.45) is -4.53. The summed E-state index contributed by atoms with van der Waals surface area (Å²) in [6.45, 7) is 3.95. The lowest BCUT2D eigenvalue weighted by Gasteiger charge is -2.26. The van der Waals surface area contributed by atoms with Gasteiger partial charge in [-0.05, 0) is 61.4 Å². The molecule has 3 aromatic carbocycles. The van der Waals surface area contributed by atoms with Crippen molar-refractivity contribution < 1.29 is 22.8 Å². The number of halogens is 3. The van der Waals surface area contributed by atoms with E-state index in [1.807, 2.05) is 38.1 Å². The molecule has 1 fully saturated rings. The van der Waals surface area contributed by atoms with Crippen LogP contribution in [0.1, 0.15) is 38.0 Å². The highest BCUT2D eigenvalue weighted by atomic mass is 32.2. The Bertz CT molecular complexity index is 1230. The molecule has 2 amide bonds. The minimum atomic E-state index is -4.53. The van der Waals surface area contributed by atoms with Gasteiger partial charge in [-0.1, -0.05) is 35.9 Å². The number of hydrogen-bond acceptors (Lipinski definition) is 3. The first-order valence-corrected chi connectivity index (χ1v) is 11.3. The summed E-state index contributed by atoms with van der Waals surface area (Å²) in [5.41, 5.74) is 3.21. The Kier molecular flexibility index (Phi) is 6.21. The van der Waals surface area contributed by atoms with Gasteiger partial charge in [0.25, 0.3) is 5.91 Å². The molecule has 1 saturated heterocycles.